The van der Waals surface area contributed by atoms with Gasteiger partial charge in [0.15, 0.2) is 11.5 Å². The number of nitrogens with zero attached hydrogens (tertiary/aromatic N) is 1. The van der Waals surface area contributed by atoms with E-state index in [1.54, 1.807) is 49.6 Å². The van der Waals surface area contributed by atoms with Crippen molar-refractivity contribution in [3.05, 3.63) is 88.0 Å². The van der Waals surface area contributed by atoms with Gasteiger partial charge in [-0.15, -0.1) is 0 Å². The van der Waals surface area contributed by atoms with Crippen LogP contribution in [0.2, 0.25) is 0 Å². The minimum absolute atomic E-state index is 0.000731. The van der Waals surface area contributed by atoms with Gasteiger partial charge >= 0.3 is 0 Å². The van der Waals surface area contributed by atoms with E-state index in [1.807, 2.05) is 26.0 Å². The number of ketones is 1. The number of hydrogen-bond acceptors (Lipinski definition) is 7. The van der Waals surface area contributed by atoms with E-state index in [0.29, 0.717) is 34.1 Å². The Bertz CT molecular complexity index is 1420. The van der Waals surface area contributed by atoms with Crippen molar-refractivity contribution in [3.8, 4) is 23.0 Å². The highest BCUT2D eigenvalue weighted by molar-refractivity contribution is 6.46. The number of carbonyl (C=O) groups excluding carboxylic acids is 2. The van der Waals surface area contributed by atoms with Crippen LogP contribution in [0, 0.1) is 13.8 Å². The van der Waals surface area contributed by atoms with Crippen molar-refractivity contribution in [2.45, 2.75) is 26.4 Å². The van der Waals surface area contributed by atoms with Crippen LogP contribution in [-0.2, 0) is 16.1 Å². The zero-order valence-corrected chi connectivity index (χ0v) is 21.0. The van der Waals surface area contributed by atoms with E-state index in [-0.39, 0.29) is 24.7 Å². The highest BCUT2D eigenvalue weighted by Crippen LogP contribution is 2.43. The van der Waals surface area contributed by atoms with Crippen molar-refractivity contribution in [1.29, 1.82) is 0 Å². The third-order valence-electron chi connectivity index (χ3n) is 6.64. The number of aliphatic hydroxyl groups excluding tert-OH is 1. The SMILES string of the molecule is COc1ccc(C2/C(=C(\O)c3cc(C)cc(C)c3OC)C(=O)C(=O)N2Cc2ccc3c(c2)OCO3)cc1. The predicted octanol–water partition coefficient (Wildman–Crippen LogP) is 4.67. The first kappa shape index (κ1) is 24.2. The van der Waals surface area contributed by atoms with Gasteiger partial charge in [0.2, 0.25) is 6.79 Å². The summed E-state index contributed by atoms with van der Waals surface area (Å²) in [6.07, 6.45) is 0. The topological polar surface area (TPSA) is 94.5 Å². The zero-order valence-electron chi connectivity index (χ0n) is 21.0. The van der Waals surface area contributed by atoms with Crippen LogP contribution in [0.15, 0.2) is 60.2 Å². The first-order valence-electron chi connectivity index (χ1n) is 11.8. The zero-order chi connectivity index (χ0) is 26.3. The molecule has 0 radical (unpaired) electrons. The van der Waals surface area contributed by atoms with E-state index in [0.717, 1.165) is 16.7 Å². The van der Waals surface area contributed by atoms with Gasteiger partial charge in [-0.25, -0.2) is 0 Å². The quantitative estimate of drug-likeness (QED) is 0.298. The van der Waals surface area contributed by atoms with E-state index in [4.69, 9.17) is 18.9 Å². The van der Waals surface area contributed by atoms with Crippen molar-refractivity contribution >= 4 is 17.4 Å². The number of ether oxygens (including phenoxy) is 4. The summed E-state index contributed by atoms with van der Waals surface area (Å²) in [5.74, 6) is 0.528. The van der Waals surface area contributed by atoms with Gasteiger partial charge < -0.3 is 29.0 Å². The second-order valence-corrected chi connectivity index (χ2v) is 9.05. The molecule has 1 fully saturated rings. The number of methoxy groups -OCH3 is 2. The van der Waals surface area contributed by atoms with Gasteiger partial charge in [0.1, 0.15) is 17.3 Å². The maximum absolute atomic E-state index is 13.5. The molecule has 1 amide bonds. The van der Waals surface area contributed by atoms with Crippen LogP contribution < -0.4 is 18.9 Å². The molecule has 0 aromatic heterocycles. The molecule has 2 aliphatic rings. The van der Waals surface area contributed by atoms with Crippen molar-refractivity contribution in [2.75, 3.05) is 21.0 Å². The second-order valence-electron chi connectivity index (χ2n) is 9.05. The fraction of sp³-hybridized carbons (Fsp3) is 0.241. The van der Waals surface area contributed by atoms with Gasteiger partial charge in [-0.3, -0.25) is 9.59 Å². The molecule has 0 saturated carbocycles. The first-order valence-corrected chi connectivity index (χ1v) is 11.8. The van der Waals surface area contributed by atoms with Gasteiger partial charge in [0.25, 0.3) is 11.7 Å². The molecule has 5 rings (SSSR count). The van der Waals surface area contributed by atoms with E-state index < -0.39 is 17.7 Å². The number of amides is 1. The Labute approximate surface area is 214 Å². The average molecular weight is 502 g/mol. The lowest BCUT2D eigenvalue weighted by Gasteiger charge is -2.26. The molecular formula is C29H27NO7. The van der Waals surface area contributed by atoms with Gasteiger partial charge in [-0.2, -0.15) is 0 Å². The minimum Gasteiger partial charge on any atom is -0.507 e. The van der Waals surface area contributed by atoms with Crippen molar-refractivity contribution < 1.29 is 33.6 Å². The number of Topliss-reactive ketones (excluding diaryl/α,β-unsaturated/α-hetero) is 1. The summed E-state index contributed by atoms with van der Waals surface area (Å²) >= 11 is 0. The lowest BCUT2D eigenvalue weighted by atomic mass is 9.93. The van der Waals surface area contributed by atoms with Crippen LogP contribution in [-0.4, -0.2) is 42.7 Å². The maximum Gasteiger partial charge on any atom is 0.295 e. The van der Waals surface area contributed by atoms with E-state index >= 15 is 0 Å². The van der Waals surface area contributed by atoms with Crippen LogP contribution in [0.3, 0.4) is 0 Å². The summed E-state index contributed by atoms with van der Waals surface area (Å²) in [4.78, 5) is 28.3. The van der Waals surface area contributed by atoms with Crippen molar-refractivity contribution in [3.63, 3.8) is 0 Å². The highest BCUT2D eigenvalue weighted by atomic mass is 16.7. The summed E-state index contributed by atoms with van der Waals surface area (Å²) in [5, 5.41) is 11.6. The number of aryl methyl sites for hydroxylation is 2. The molecule has 190 valence electrons. The molecule has 1 saturated heterocycles. The standard InChI is InChI=1S/C29H27NO7/c1-16-11-17(2)28(35-4)21(12-16)26(31)24-25(19-6-8-20(34-3)9-7-19)30(29(33)27(24)32)14-18-5-10-22-23(13-18)37-15-36-22/h5-13,25,31H,14-15H2,1-4H3/b26-24+. The van der Waals surface area contributed by atoms with Gasteiger partial charge in [-0.05, 0) is 66.4 Å². The van der Waals surface area contributed by atoms with Gasteiger partial charge in [-0.1, -0.05) is 24.3 Å². The van der Waals surface area contributed by atoms with Crippen LogP contribution >= 0.6 is 0 Å². The van der Waals surface area contributed by atoms with E-state index in [2.05, 4.69) is 0 Å². The number of benzene rings is 3. The number of likely N-dealkylation sites (tertiary alicyclic amines) is 1. The normalized spacial score (nSPS) is 17.8. The molecule has 0 spiro atoms. The van der Waals surface area contributed by atoms with Gasteiger partial charge in [0, 0.05) is 6.54 Å². The molecule has 2 aliphatic heterocycles. The van der Waals surface area contributed by atoms with Crippen molar-refractivity contribution in [1.82, 2.24) is 4.90 Å². The first-order chi connectivity index (χ1) is 17.8. The predicted molar refractivity (Wildman–Crippen MR) is 136 cm³/mol. The molecule has 2 heterocycles. The van der Waals surface area contributed by atoms with E-state index in [9.17, 15) is 14.7 Å². The molecule has 0 bridgehead atoms. The molecule has 0 aliphatic carbocycles. The molecule has 1 atom stereocenters. The molecule has 8 heteroatoms. The Morgan fingerprint density at radius 2 is 1.70 bits per heavy atom. The molecule has 3 aromatic carbocycles. The highest BCUT2D eigenvalue weighted by Gasteiger charge is 2.46. The van der Waals surface area contributed by atoms with Crippen LogP contribution in [0.4, 0.5) is 0 Å². The molecule has 1 unspecified atom stereocenters. The molecule has 37 heavy (non-hydrogen) atoms. The molecule has 3 aromatic rings. The maximum atomic E-state index is 13.5. The number of fused-ring (bicyclic) bond motifs is 1. The van der Waals surface area contributed by atoms with Crippen LogP contribution in [0.25, 0.3) is 5.76 Å². The second kappa shape index (κ2) is 9.54. The Hall–Kier alpha value is -4.46. The third kappa shape index (κ3) is 4.24. The van der Waals surface area contributed by atoms with Crippen LogP contribution in [0.1, 0.15) is 33.9 Å². The number of carbonyl (C=O) groups is 2. The lowest BCUT2D eigenvalue weighted by Crippen LogP contribution is -2.29. The third-order valence-corrected chi connectivity index (χ3v) is 6.64. The van der Waals surface area contributed by atoms with Gasteiger partial charge in [0.05, 0.1) is 31.4 Å². The number of rotatable bonds is 6. The Morgan fingerprint density at radius 1 is 0.973 bits per heavy atom. The summed E-state index contributed by atoms with van der Waals surface area (Å²) in [5.41, 5.74) is 3.47. The Balaban J connectivity index is 1.66. The van der Waals surface area contributed by atoms with Crippen LogP contribution in [0.5, 0.6) is 23.0 Å². The fourth-order valence-corrected chi connectivity index (χ4v) is 4.96. The monoisotopic (exact) mass is 501 g/mol. The number of aliphatic hydroxyl groups is 1. The smallest absolute Gasteiger partial charge is 0.295 e. The number of hydrogen-bond donors (Lipinski definition) is 1. The van der Waals surface area contributed by atoms with Crippen molar-refractivity contribution in [2.24, 2.45) is 0 Å². The fourth-order valence-electron chi connectivity index (χ4n) is 4.96. The minimum atomic E-state index is -0.832. The largest absolute Gasteiger partial charge is 0.507 e. The average Bonchev–Trinajstić information content (AvgIpc) is 3.46. The summed E-state index contributed by atoms with van der Waals surface area (Å²) in [7, 11) is 3.07. The lowest BCUT2D eigenvalue weighted by molar-refractivity contribution is -0.140. The molecule has 1 N–H and O–H groups in total. The molecule has 8 nitrogen and oxygen atoms in total. The summed E-state index contributed by atoms with van der Waals surface area (Å²) in [6, 6.07) is 15.3. The van der Waals surface area contributed by atoms with E-state index in [1.165, 1.54) is 12.0 Å². The summed E-state index contributed by atoms with van der Waals surface area (Å²) in [6.45, 7) is 4.01. The Kier molecular flexibility index (Phi) is 6.25. The molecular weight excluding hydrogens is 474 g/mol. The Morgan fingerprint density at radius 3 is 2.41 bits per heavy atom. The summed E-state index contributed by atoms with van der Waals surface area (Å²) < 4.78 is 21.7.